The third-order valence-corrected chi connectivity index (χ3v) is 4.75. The minimum atomic E-state index is 0.437. The molecule has 1 saturated heterocycles. The normalized spacial score (nSPS) is 14.8. The molecule has 0 spiro atoms. The summed E-state index contributed by atoms with van der Waals surface area (Å²) in [5.41, 5.74) is 15.6. The Morgan fingerprint density at radius 2 is 2.00 bits per heavy atom. The van der Waals surface area contributed by atoms with Gasteiger partial charge in [0.05, 0.1) is 24.3 Å². The summed E-state index contributed by atoms with van der Waals surface area (Å²) in [6.07, 6.45) is 2.48. The van der Waals surface area contributed by atoms with Gasteiger partial charge in [0.1, 0.15) is 5.82 Å². The SMILES string of the molecule is Nc1nccc(-c2ccc3[nH]nc(N)c3c2)c1C#CCCN1CCOCC1. The van der Waals surface area contributed by atoms with Crippen LogP contribution in [-0.4, -0.2) is 52.9 Å². The molecule has 3 heterocycles. The van der Waals surface area contributed by atoms with E-state index in [1.54, 1.807) is 6.20 Å². The van der Waals surface area contributed by atoms with Crippen molar-refractivity contribution < 1.29 is 4.74 Å². The number of aromatic nitrogens is 3. The van der Waals surface area contributed by atoms with E-state index < -0.39 is 0 Å². The molecule has 0 unspecified atom stereocenters. The lowest BCUT2D eigenvalue weighted by molar-refractivity contribution is 0.0390. The van der Waals surface area contributed by atoms with Crippen LogP contribution in [0.4, 0.5) is 11.6 Å². The van der Waals surface area contributed by atoms with Gasteiger partial charge in [0, 0.05) is 43.2 Å². The average Bonchev–Trinajstić information content (AvgIpc) is 3.07. The molecule has 1 aliphatic heterocycles. The molecule has 7 nitrogen and oxygen atoms in total. The zero-order chi connectivity index (χ0) is 18.6. The summed E-state index contributed by atoms with van der Waals surface area (Å²) in [6, 6.07) is 7.90. The number of aromatic amines is 1. The molecule has 0 aliphatic carbocycles. The Hall–Kier alpha value is -3.08. The van der Waals surface area contributed by atoms with E-state index in [-0.39, 0.29) is 0 Å². The average molecular weight is 362 g/mol. The number of hydrogen-bond acceptors (Lipinski definition) is 6. The van der Waals surface area contributed by atoms with Crippen molar-refractivity contribution in [2.24, 2.45) is 0 Å². The van der Waals surface area contributed by atoms with Crippen LogP contribution in [0.2, 0.25) is 0 Å². The topological polar surface area (TPSA) is 106 Å². The number of rotatable bonds is 3. The van der Waals surface area contributed by atoms with E-state index in [1.807, 2.05) is 24.3 Å². The van der Waals surface area contributed by atoms with Crippen molar-refractivity contribution in [3.8, 4) is 23.0 Å². The molecule has 1 aromatic carbocycles. The maximum atomic E-state index is 6.12. The van der Waals surface area contributed by atoms with Gasteiger partial charge in [-0.25, -0.2) is 4.98 Å². The second-order valence-electron chi connectivity index (χ2n) is 6.49. The maximum absolute atomic E-state index is 6.12. The molecule has 0 bridgehead atoms. The molecule has 3 aromatic rings. The molecule has 0 radical (unpaired) electrons. The zero-order valence-electron chi connectivity index (χ0n) is 15.0. The Morgan fingerprint density at radius 3 is 2.85 bits per heavy atom. The highest BCUT2D eigenvalue weighted by Crippen LogP contribution is 2.29. The van der Waals surface area contributed by atoms with E-state index in [2.05, 4.69) is 31.9 Å². The molecule has 0 amide bonds. The van der Waals surface area contributed by atoms with Crippen molar-refractivity contribution in [2.75, 3.05) is 44.3 Å². The zero-order valence-corrected chi connectivity index (χ0v) is 15.0. The third kappa shape index (κ3) is 3.72. The van der Waals surface area contributed by atoms with Gasteiger partial charge in [-0.05, 0) is 23.8 Å². The molecule has 1 fully saturated rings. The summed E-state index contributed by atoms with van der Waals surface area (Å²) in [4.78, 5) is 6.57. The fourth-order valence-corrected chi connectivity index (χ4v) is 3.24. The van der Waals surface area contributed by atoms with Crippen molar-refractivity contribution in [2.45, 2.75) is 6.42 Å². The Labute approximate surface area is 157 Å². The number of benzene rings is 1. The highest BCUT2D eigenvalue weighted by atomic mass is 16.5. The summed E-state index contributed by atoms with van der Waals surface area (Å²) in [5.74, 6) is 7.39. The van der Waals surface area contributed by atoms with Crippen LogP contribution >= 0.6 is 0 Å². The summed E-state index contributed by atoms with van der Waals surface area (Å²) in [6.45, 7) is 4.46. The second kappa shape index (κ2) is 7.66. The van der Waals surface area contributed by atoms with Gasteiger partial charge in [0.25, 0.3) is 0 Å². The monoisotopic (exact) mass is 362 g/mol. The van der Waals surface area contributed by atoms with Crippen LogP contribution in [0, 0.1) is 11.8 Å². The first kappa shape index (κ1) is 17.3. The molecule has 7 heteroatoms. The lowest BCUT2D eigenvalue weighted by Crippen LogP contribution is -2.36. The first-order valence-electron chi connectivity index (χ1n) is 9.00. The van der Waals surface area contributed by atoms with Crippen LogP contribution in [0.25, 0.3) is 22.0 Å². The van der Waals surface area contributed by atoms with Crippen LogP contribution in [0.3, 0.4) is 0 Å². The van der Waals surface area contributed by atoms with Gasteiger partial charge in [-0.3, -0.25) is 10.00 Å². The number of anilines is 2. The number of morpholine rings is 1. The second-order valence-corrected chi connectivity index (χ2v) is 6.49. The lowest BCUT2D eigenvalue weighted by Gasteiger charge is -2.25. The summed E-state index contributed by atoms with van der Waals surface area (Å²) >= 11 is 0. The number of hydrogen-bond donors (Lipinski definition) is 3. The molecule has 27 heavy (non-hydrogen) atoms. The summed E-state index contributed by atoms with van der Waals surface area (Å²) in [5, 5.41) is 7.85. The summed E-state index contributed by atoms with van der Waals surface area (Å²) < 4.78 is 5.37. The van der Waals surface area contributed by atoms with Gasteiger partial charge >= 0.3 is 0 Å². The van der Waals surface area contributed by atoms with Gasteiger partial charge in [0.15, 0.2) is 5.82 Å². The van der Waals surface area contributed by atoms with Crippen molar-refractivity contribution in [1.29, 1.82) is 0 Å². The van der Waals surface area contributed by atoms with Crippen LogP contribution in [0.1, 0.15) is 12.0 Å². The number of pyridine rings is 1. The molecule has 4 rings (SSSR count). The predicted molar refractivity (Wildman–Crippen MR) is 107 cm³/mol. The van der Waals surface area contributed by atoms with Crippen LogP contribution in [-0.2, 0) is 4.74 Å². The number of fused-ring (bicyclic) bond motifs is 1. The van der Waals surface area contributed by atoms with E-state index >= 15 is 0 Å². The largest absolute Gasteiger partial charge is 0.383 e. The van der Waals surface area contributed by atoms with Crippen molar-refractivity contribution in [1.82, 2.24) is 20.1 Å². The smallest absolute Gasteiger partial charge is 0.153 e. The van der Waals surface area contributed by atoms with Crippen molar-refractivity contribution >= 4 is 22.5 Å². The molecule has 1 aliphatic rings. The molecule has 2 aromatic heterocycles. The first-order valence-corrected chi connectivity index (χ1v) is 9.00. The number of nitrogen functional groups attached to an aromatic ring is 2. The van der Waals surface area contributed by atoms with Gasteiger partial charge in [-0.15, -0.1) is 0 Å². The lowest BCUT2D eigenvalue weighted by atomic mass is 9.99. The van der Waals surface area contributed by atoms with E-state index in [0.29, 0.717) is 11.6 Å². The molecule has 5 N–H and O–H groups in total. The molecule has 138 valence electrons. The number of nitrogens with two attached hydrogens (primary N) is 2. The number of H-pyrrole nitrogens is 1. The Balaban J connectivity index is 1.59. The number of ether oxygens (including phenoxy) is 1. The molecule has 0 atom stereocenters. The number of nitrogens with zero attached hydrogens (tertiary/aromatic N) is 3. The van der Waals surface area contributed by atoms with E-state index in [1.165, 1.54) is 0 Å². The maximum Gasteiger partial charge on any atom is 0.153 e. The van der Waals surface area contributed by atoms with E-state index in [9.17, 15) is 0 Å². The molecular weight excluding hydrogens is 340 g/mol. The van der Waals surface area contributed by atoms with Gasteiger partial charge in [-0.2, -0.15) is 5.10 Å². The van der Waals surface area contributed by atoms with Gasteiger partial charge in [0.2, 0.25) is 0 Å². The molecular formula is C20H22N6O. The number of nitrogens with one attached hydrogen (secondary N) is 1. The quantitative estimate of drug-likeness (QED) is 0.614. The standard InChI is InChI=1S/C20H22N6O/c21-19-16(3-1-2-8-26-9-11-27-12-10-26)15(6-7-23-19)14-4-5-18-17(13-14)20(22)25-24-18/h4-7,13H,2,8-12H2,(H2,21,23)(H3,22,24,25). The van der Waals surface area contributed by atoms with Crippen LogP contribution in [0.15, 0.2) is 30.5 Å². The minimum absolute atomic E-state index is 0.437. The Morgan fingerprint density at radius 1 is 1.15 bits per heavy atom. The van der Waals surface area contributed by atoms with Crippen LogP contribution < -0.4 is 11.5 Å². The predicted octanol–water partition coefficient (Wildman–Crippen LogP) is 1.86. The highest BCUT2D eigenvalue weighted by Gasteiger charge is 2.11. The van der Waals surface area contributed by atoms with E-state index in [4.69, 9.17) is 16.2 Å². The molecule has 0 saturated carbocycles. The highest BCUT2D eigenvalue weighted by molar-refractivity contribution is 5.93. The Bertz CT molecular complexity index is 1010. The van der Waals surface area contributed by atoms with Crippen molar-refractivity contribution in [3.63, 3.8) is 0 Å². The fraction of sp³-hybridized carbons (Fsp3) is 0.300. The van der Waals surface area contributed by atoms with E-state index in [0.717, 1.165) is 66.9 Å². The van der Waals surface area contributed by atoms with Gasteiger partial charge in [-0.1, -0.05) is 17.9 Å². The first-order chi connectivity index (χ1) is 13.2. The Kier molecular flexibility index (Phi) is 4.92. The third-order valence-electron chi connectivity index (χ3n) is 4.75. The summed E-state index contributed by atoms with van der Waals surface area (Å²) in [7, 11) is 0. The fourth-order valence-electron chi connectivity index (χ4n) is 3.24. The van der Waals surface area contributed by atoms with Gasteiger partial charge < -0.3 is 16.2 Å². The van der Waals surface area contributed by atoms with Crippen molar-refractivity contribution in [3.05, 3.63) is 36.0 Å². The minimum Gasteiger partial charge on any atom is -0.383 e. The van der Waals surface area contributed by atoms with Crippen LogP contribution in [0.5, 0.6) is 0 Å².